The molecule has 0 aliphatic rings. The molecule has 0 saturated heterocycles. The summed E-state index contributed by atoms with van der Waals surface area (Å²) in [6.45, 7) is 3.19. The van der Waals surface area contributed by atoms with Gasteiger partial charge in [-0.05, 0) is 25.5 Å². The van der Waals surface area contributed by atoms with Gasteiger partial charge in [-0.2, -0.15) is 13.2 Å². The molecule has 0 radical (unpaired) electrons. The summed E-state index contributed by atoms with van der Waals surface area (Å²) in [6, 6.07) is 5.61. The Morgan fingerprint density at radius 1 is 1.22 bits per heavy atom. The van der Waals surface area contributed by atoms with Gasteiger partial charge in [0.1, 0.15) is 11.6 Å². The van der Waals surface area contributed by atoms with Crippen molar-refractivity contribution in [2.45, 2.75) is 38.6 Å². The molecule has 2 unspecified atom stereocenters. The number of pyridine rings is 1. The second-order valence-electron chi connectivity index (χ2n) is 5.05. The number of hydrogen-bond donors (Lipinski definition) is 2. The van der Waals surface area contributed by atoms with Crippen molar-refractivity contribution in [2.75, 3.05) is 5.32 Å². The summed E-state index contributed by atoms with van der Waals surface area (Å²) in [6.07, 6.45) is -5.48. The maximum Gasteiger partial charge on any atom is 0.416 e. The van der Waals surface area contributed by atoms with Crippen LogP contribution in [0.25, 0.3) is 11.4 Å². The van der Waals surface area contributed by atoms with Crippen molar-refractivity contribution >= 4 is 5.82 Å². The van der Waals surface area contributed by atoms with Crippen LogP contribution in [0.15, 0.2) is 30.5 Å². The molecule has 2 N–H and O–H groups in total. The standard InChI is InChI=1S/C15H17F3N4O/c1-3-10(14(23)15(16,17)18)22-13-8-12(20-9(2)21-13)11-6-4-5-7-19-11/h4-8,10,14,23H,3H2,1-2H3,(H,20,21,22). The zero-order valence-corrected chi connectivity index (χ0v) is 12.7. The number of halogens is 3. The van der Waals surface area contributed by atoms with E-state index in [1.807, 2.05) is 0 Å². The van der Waals surface area contributed by atoms with Crippen LogP contribution in [0.2, 0.25) is 0 Å². The van der Waals surface area contributed by atoms with Gasteiger partial charge in [-0.25, -0.2) is 9.97 Å². The first-order chi connectivity index (χ1) is 10.8. The van der Waals surface area contributed by atoms with Crippen LogP contribution in [0.5, 0.6) is 0 Å². The van der Waals surface area contributed by atoms with Gasteiger partial charge in [0.15, 0.2) is 6.10 Å². The van der Waals surface area contributed by atoms with E-state index in [0.29, 0.717) is 17.2 Å². The predicted octanol–water partition coefficient (Wildman–Crippen LogP) is 2.96. The highest BCUT2D eigenvalue weighted by Crippen LogP contribution is 2.26. The van der Waals surface area contributed by atoms with Gasteiger partial charge in [0, 0.05) is 12.3 Å². The second-order valence-corrected chi connectivity index (χ2v) is 5.05. The SMILES string of the molecule is CCC(Nc1cc(-c2ccccn2)nc(C)n1)C(O)C(F)(F)F. The molecule has 0 aromatic carbocycles. The highest BCUT2D eigenvalue weighted by Gasteiger charge is 2.43. The minimum atomic E-state index is -4.69. The molecule has 2 aromatic heterocycles. The zero-order chi connectivity index (χ0) is 17.0. The number of aliphatic hydroxyl groups excluding tert-OH is 1. The number of aliphatic hydroxyl groups is 1. The third kappa shape index (κ3) is 4.38. The number of nitrogens with zero attached hydrogens (tertiary/aromatic N) is 3. The molecule has 2 atom stereocenters. The van der Waals surface area contributed by atoms with Crippen LogP contribution < -0.4 is 5.32 Å². The van der Waals surface area contributed by atoms with Crippen molar-refractivity contribution in [2.24, 2.45) is 0 Å². The van der Waals surface area contributed by atoms with Crippen LogP contribution in [0.1, 0.15) is 19.2 Å². The van der Waals surface area contributed by atoms with Gasteiger partial charge in [-0.15, -0.1) is 0 Å². The normalized spacial score (nSPS) is 14.3. The molecule has 2 aromatic rings. The summed E-state index contributed by atoms with van der Waals surface area (Å²) in [7, 11) is 0. The van der Waals surface area contributed by atoms with E-state index in [1.54, 1.807) is 38.2 Å². The molecule has 0 saturated carbocycles. The van der Waals surface area contributed by atoms with Crippen LogP contribution in [-0.4, -0.2) is 38.4 Å². The van der Waals surface area contributed by atoms with Gasteiger partial charge >= 0.3 is 6.18 Å². The van der Waals surface area contributed by atoms with Gasteiger partial charge in [-0.1, -0.05) is 13.0 Å². The smallest absolute Gasteiger partial charge is 0.382 e. The minimum absolute atomic E-state index is 0.0860. The Balaban J connectivity index is 2.28. The van der Waals surface area contributed by atoms with Crippen LogP contribution in [0, 0.1) is 6.92 Å². The van der Waals surface area contributed by atoms with Gasteiger partial charge in [0.05, 0.1) is 17.4 Å². The Hall–Kier alpha value is -2.22. The average molecular weight is 326 g/mol. The highest BCUT2D eigenvalue weighted by atomic mass is 19.4. The van der Waals surface area contributed by atoms with E-state index in [9.17, 15) is 18.3 Å². The molecule has 124 valence electrons. The van der Waals surface area contributed by atoms with Crippen LogP contribution in [0.3, 0.4) is 0 Å². The third-order valence-corrected chi connectivity index (χ3v) is 3.25. The number of anilines is 1. The lowest BCUT2D eigenvalue weighted by Crippen LogP contribution is -2.43. The van der Waals surface area contributed by atoms with Crippen LogP contribution >= 0.6 is 0 Å². The molecule has 0 aliphatic carbocycles. The minimum Gasteiger partial charge on any atom is -0.382 e. The molecule has 0 fully saturated rings. The Morgan fingerprint density at radius 2 is 1.96 bits per heavy atom. The lowest BCUT2D eigenvalue weighted by molar-refractivity contribution is -0.208. The lowest BCUT2D eigenvalue weighted by Gasteiger charge is -2.25. The van der Waals surface area contributed by atoms with E-state index in [0.717, 1.165) is 0 Å². The molecule has 0 spiro atoms. The Bertz CT molecular complexity index is 649. The van der Waals surface area contributed by atoms with E-state index in [1.165, 1.54) is 6.07 Å². The van der Waals surface area contributed by atoms with Gasteiger partial charge in [-0.3, -0.25) is 4.98 Å². The monoisotopic (exact) mass is 326 g/mol. The van der Waals surface area contributed by atoms with Crippen molar-refractivity contribution in [3.63, 3.8) is 0 Å². The number of alkyl halides is 3. The number of nitrogens with one attached hydrogen (secondary N) is 1. The molecule has 0 aliphatic heterocycles. The quantitative estimate of drug-likeness (QED) is 0.884. The fourth-order valence-corrected chi connectivity index (χ4v) is 2.11. The van der Waals surface area contributed by atoms with Gasteiger partial charge in [0.25, 0.3) is 0 Å². The average Bonchev–Trinajstić information content (AvgIpc) is 2.51. The Morgan fingerprint density at radius 3 is 2.52 bits per heavy atom. The largest absolute Gasteiger partial charge is 0.416 e. The number of aromatic nitrogens is 3. The number of rotatable bonds is 5. The third-order valence-electron chi connectivity index (χ3n) is 3.25. The van der Waals surface area contributed by atoms with E-state index in [2.05, 4.69) is 20.3 Å². The van der Waals surface area contributed by atoms with E-state index >= 15 is 0 Å². The summed E-state index contributed by atoms with van der Waals surface area (Å²) in [5, 5.41) is 12.1. The van der Waals surface area contributed by atoms with E-state index in [-0.39, 0.29) is 12.2 Å². The van der Waals surface area contributed by atoms with Gasteiger partial charge in [0.2, 0.25) is 0 Å². The van der Waals surface area contributed by atoms with Crippen molar-refractivity contribution in [1.29, 1.82) is 0 Å². The first kappa shape index (κ1) is 17.1. The van der Waals surface area contributed by atoms with Crippen LogP contribution in [-0.2, 0) is 0 Å². The molecular weight excluding hydrogens is 309 g/mol. The van der Waals surface area contributed by atoms with Crippen molar-refractivity contribution in [3.8, 4) is 11.4 Å². The maximum absolute atomic E-state index is 12.7. The Kier molecular flexibility index (Phi) is 5.15. The van der Waals surface area contributed by atoms with Crippen LogP contribution in [0.4, 0.5) is 19.0 Å². The summed E-state index contributed by atoms with van der Waals surface area (Å²) >= 11 is 0. The van der Waals surface area contributed by atoms with Crippen molar-refractivity contribution in [1.82, 2.24) is 15.0 Å². The highest BCUT2D eigenvalue weighted by molar-refractivity contribution is 5.58. The summed E-state index contributed by atoms with van der Waals surface area (Å²) < 4.78 is 38.0. The fraction of sp³-hybridized carbons (Fsp3) is 0.400. The summed E-state index contributed by atoms with van der Waals surface area (Å²) in [5.41, 5.74) is 1.09. The second kappa shape index (κ2) is 6.91. The first-order valence-electron chi connectivity index (χ1n) is 7.09. The molecule has 0 bridgehead atoms. The topological polar surface area (TPSA) is 70.9 Å². The van der Waals surface area contributed by atoms with Crippen molar-refractivity contribution in [3.05, 3.63) is 36.3 Å². The lowest BCUT2D eigenvalue weighted by atomic mass is 10.1. The molecular formula is C15H17F3N4O. The molecule has 2 rings (SSSR count). The van der Waals surface area contributed by atoms with E-state index in [4.69, 9.17) is 0 Å². The number of aryl methyl sites for hydroxylation is 1. The van der Waals surface area contributed by atoms with Gasteiger partial charge < -0.3 is 10.4 Å². The molecule has 2 heterocycles. The molecule has 8 heteroatoms. The first-order valence-corrected chi connectivity index (χ1v) is 7.09. The predicted molar refractivity (Wildman–Crippen MR) is 79.8 cm³/mol. The number of hydrogen-bond acceptors (Lipinski definition) is 5. The van der Waals surface area contributed by atoms with Crippen molar-refractivity contribution < 1.29 is 18.3 Å². The molecule has 5 nitrogen and oxygen atoms in total. The van der Waals surface area contributed by atoms with E-state index < -0.39 is 18.3 Å². The molecule has 23 heavy (non-hydrogen) atoms. The Labute approximate surface area is 131 Å². The maximum atomic E-state index is 12.7. The molecule has 0 amide bonds. The summed E-state index contributed by atoms with van der Waals surface area (Å²) in [4.78, 5) is 12.5. The fourth-order valence-electron chi connectivity index (χ4n) is 2.11. The zero-order valence-electron chi connectivity index (χ0n) is 12.7. The summed E-state index contributed by atoms with van der Waals surface area (Å²) in [5.74, 6) is 0.611.